The van der Waals surface area contributed by atoms with Gasteiger partial charge in [-0.3, -0.25) is 9.89 Å². The lowest BCUT2D eigenvalue weighted by atomic mass is 10.2. The number of benzene rings is 1. The van der Waals surface area contributed by atoms with Gasteiger partial charge in [-0.2, -0.15) is 0 Å². The first-order valence-corrected chi connectivity index (χ1v) is 7.79. The Balaban J connectivity index is 0.00000242. The summed E-state index contributed by atoms with van der Waals surface area (Å²) in [5.74, 6) is 0.954. The summed E-state index contributed by atoms with van der Waals surface area (Å²) < 4.78 is 0. The minimum atomic E-state index is 0. The second kappa shape index (κ2) is 9.35. The van der Waals surface area contributed by atoms with Crippen LogP contribution >= 0.6 is 24.0 Å². The lowest BCUT2D eigenvalue weighted by Gasteiger charge is -2.28. The molecule has 0 amide bonds. The van der Waals surface area contributed by atoms with E-state index in [0.29, 0.717) is 6.04 Å². The number of hydrogen-bond acceptors (Lipinski definition) is 2. The molecular weight excluding hydrogens is 387 g/mol. The Morgan fingerprint density at radius 1 is 1.27 bits per heavy atom. The maximum absolute atomic E-state index is 4.39. The number of rotatable bonds is 6. The lowest BCUT2D eigenvalue weighted by Crippen LogP contribution is -2.45. The van der Waals surface area contributed by atoms with Crippen molar-refractivity contribution < 1.29 is 0 Å². The van der Waals surface area contributed by atoms with Gasteiger partial charge in [0.05, 0.1) is 0 Å². The summed E-state index contributed by atoms with van der Waals surface area (Å²) in [7, 11) is 6.15. The van der Waals surface area contributed by atoms with Crippen LogP contribution in [0.5, 0.6) is 0 Å². The first-order valence-electron chi connectivity index (χ1n) is 7.79. The summed E-state index contributed by atoms with van der Waals surface area (Å²) in [4.78, 5) is 9.02. The van der Waals surface area contributed by atoms with Crippen LogP contribution in [0.1, 0.15) is 25.3 Å². The van der Waals surface area contributed by atoms with Crippen LogP contribution in [0.4, 0.5) is 0 Å². The first-order chi connectivity index (χ1) is 10.1. The standard InChI is InChI=1S/C17H28N4.HI/c1-14(21(4)16-10-11-16)12-19-17(18-2)20(3)13-15-8-6-5-7-9-15;/h5-9,14,16H,10-13H2,1-4H3,(H,18,19);1H. The lowest BCUT2D eigenvalue weighted by molar-refractivity contribution is 0.246. The molecule has 1 saturated carbocycles. The van der Waals surface area contributed by atoms with Gasteiger partial charge in [-0.15, -0.1) is 24.0 Å². The molecular formula is C17H29IN4. The quantitative estimate of drug-likeness (QED) is 0.440. The van der Waals surface area contributed by atoms with E-state index in [9.17, 15) is 0 Å². The highest BCUT2D eigenvalue weighted by molar-refractivity contribution is 14.0. The average molecular weight is 416 g/mol. The van der Waals surface area contributed by atoms with Crippen LogP contribution in [-0.4, -0.2) is 55.5 Å². The van der Waals surface area contributed by atoms with Gasteiger partial charge in [0, 0.05) is 39.3 Å². The van der Waals surface area contributed by atoms with Crippen LogP contribution in [-0.2, 0) is 6.54 Å². The van der Waals surface area contributed by atoms with Gasteiger partial charge in [-0.05, 0) is 32.4 Å². The summed E-state index contributed by atoms with van der Waals surface area (Å²) in [6.45, 7) is 4.07. The van der Waals surface area contributed by atoms with Crippen molar-refractivity contribution >= 4 is 29.9 Å². The Kier molecular flexibility index (Phi) is 8.17. The molecule has 1 aliphatic rings. The van der Waals surface area contributed by atoms with E-state index in [2.05, 4.69) is 65.4 Å². The van der Waals surface area contributed by atoms with Crippen LogP contribution in [0.15, 0.2) is 35.3 Å². The fourth-order valence-electron chi connectivity index (χ4n) is 2.54. The number of halogens is 1. The Labute approximate surface area is 152 Å². The molecule has 1 N–H and O–H groups in total. The number of nitrogens with one attached hydrogen (secondary N) is 1. The maximum Gasteiger partial charge on any atom is 0.193 e. The SMILES string of the molecule is CN=C(NCC(C)N(C)C1CC1)N(C)Cc1ccccc1.I. The van der Waals surface area contributed by atoms with Gasteiger partial charge in [0.1, 0.15) is 0 Å². The van der Waals surface area contributed by atoms with Crippen LogP contribution < -0.4 is 5.32 Å². The maximum atomic E-state index is 4.39. The average Bonchev–Trinajstić information content (AvgIpc) is 3.32. The minimum Gasteiger partial charge on any atom is -0.355 e. The van der Waals surface area contributed by atoms with Gasteiger partial charge in [0.2, 0.25) is 0 Å². The third kappa shape index (κ3) is 5.76. The fraction of sp³-hybridized carbons (Fsp3) is 0.588. The van der Waals surface area contributed by atoms with E-state index in [1.807, 2.05) is 13.1 Å². The van der Waals surface area contributed by atoms with E-state index in [-0.39, 0.29) is 24.0 Å². The molecule has 0 aliphatic heterocycles. The van der Waals surface area contributed by atoms with Crippen molar-refractivity contribution in [2.45, 2.75) is 38.4 Å². The molecule has 1 aromatic carbocycles. The predicted octanol–water partition coefficient (Wildman–Crippen LogP) is 2.79. The topological polar surface area (TPSA) is 30.9 Å². The van der Waals surface area contributed by atoms with E-state index in [4.69, 9.17) is 0 Å². The molecule has 1 atom stereocenters. The van der Waals surface area contributed by atoms with Crippen molar-refractivity contribution in [3.8, 4) is 0 Å². The van der Waals surface area contributed by atoms with Gasteiger partial charge < -0.3 is 10.2 Å². The summed E-state index contributed by atoms with van der Waals surface area (Å²) in [6.07, 6.45) is 2.70. The molecule has 1 aromatic rings. The van der Waals surface area contributed by atoms with Gasteiger partial charge in [0.25, 0.3) is 0 Å². The van der Waals surface area contributed by atoms with Crippen molar-refractivity contribution in [3.63, 3.8) is 0 Å². The number of guanidine groups is 1. The predicted molar refractivity (Wildman–Crippen MR) is 105 cm³/mol. The van der Waals surface area contributed by atoms with Gasteiger partial charge in [-0.1, -0.05) is 30.3 Å². The number of nitrogens with zero attached hydrogens (tertiary/aromatic N) is 3. The molecule has 1 fully saturated rings. The normalized spacial score (nSPS) is 16.1. The van der Waals surface area contributed by atoms with Crippen molar-refractivity contribution in [1.82, 2.24) is 15.1 Å². The molecule has 1 aliphatic carbocycles. The Bertz CT molecular complexity index is 459. The van der Waals surface area contributed by atoms with E-state index < -0.39 is 0 Å². The number of aliphatic imine (C=N–C) groups is 1. The molecule has 0 spiro atoms. The van der Waals surface area contributed by atoms with Crippen LogP contribution in [0, 0.1) is 0 Å². The molecule has 4 nitrogen and oxygen atoms in total. The second-order valence-electron chi connectivity index (χ2n) is 6.02. The van der Waals surface area contributed by atoms with Crippen molar-refractivity contribution in [1.29, 1.82) is 0 Å². The molecule has 1 unspecified atom stereocenters. The molecule has 124 valence electrons. The monoisotopic (exact) mass is 416 g/mol. The third-order valence-electron chi connectivity index (χ3n) is 4.21. The molecule has 0 saturated heterocycles. The summed E-state index contributed by atoms with van der Waals surface area (Å²) in [6, 6.07) is 11.8. The second-order valence-corrected chi connectivity index (χ2v) is 6.02. The largest absolute Gasteiger partial charge is 0.355 e. The highest BCUT2D eigenvalue weighted by atomic mass is 127. The van der Waals surface area contributed by atoms with E-state index in [1.54, 1.807) is 0 Å². The highest BCUT2D eigenvalue weighted by Gasteiger charge is 2.29. The van der Waals surface area contributed by atoms with Gasteiger partial charge >= 0.3 is 0 Å². The summed E-state index contributed by atoms with van der Waals surface area (Å²) in [5, 5.41) is 3.49. The van der Waals surface area contributed by atoms with E-state index in [1.165, 1.54) is 18.4 Å². The fourth-order valence-corrected chi connectivity index (χ4v) is 2.54. The van der Waals surface area contributed by atoms with Crippen molar-refractivity contribution in [3.05, 3.63) is 35.9 Å². The smallest absolute Gasteiger partial charge is 0.193 e. The van der Waals surface area contributed by atoms with Crippen molar-refractivity contribution in [2.75, 3.05) is 27.7 Å². The Morgan fingerprint density at radius 2 is 1.91 bits per heavy atom. The van der Waals surface area contributed by atoms with E-state index in [0.717, 1.165) is 25.1 Å². The molecule has 0 aromatic heterocycles. The summed E-state index contributed by atoms with van der Waals surface area (Å²) >= 11 is 0. The Hall–Kier alpha value is -0.820. The van der Waals surface area contributed by atoms with Crippen LogP contribution in [0.3, 0.4) is 0 Å². The zero-order valence-electron chi connectivity index (χ0n) is 14.1. The zero-order valence-corrected chi connectivity index (χ0v) is 16.5. The van der Waals surface area contributed by atoms with Crippen LogP contribution in [0.2, 0.25) is 0 Å². The molecule has 22 heavy (non-hydrogen) atoms. The zero-order chi connectivity index (χ0) is 15.2. The van der Waals surface area contributed by atoms with Crippen molar-refractivity contribution in [2.24, 2.45) is 4.99 Å². The van der Waals surface area contributed by atoms with Gasteiger partial charge in [-0.25, -0.2) is 0 Å². The number of likely N-dealkylation sites (N-methyl/N-ethyl adjacent to an activating group) is 1. The molecule has 0 radical (unpaired) electrons. The third-order valence-corrected chi connectivity index (χ3v) is 4.21. The molecule has 0 bridgehead atoms. The molecule has 2 rings (SSSR count). The summed E-state index contributed by atoms with van der Waals surface area (Å²) in [5.41, 5.74) is 1.30. The Morgan fingerprint density at radius 3 is 2.45 bits per heavy atom. The highest BCUT2D eigenvalue weighted by Crippen LogP contribution is 2.26. The molecule has 5 heteroatoms. The van der Waals surface area contributed by atoms with Gasteiger partial charge in [0.15, 0.2) is 5.96 Å². The first kappa shape index (κ1) is 19.2. The number of hydrogen-bond donors (Lipinski definition) is 1. The minimum absolute atomic E-state index is 0. The van der Waals surface area contributed by atoms with E-state index >= 15 is 0 Å². The molecule has 0 heterocycles. The van der Waals surface area contributed by atoms with Crippen LogP contribution in [0.25, 0.3) is 0 Å².